The van der Waals surface area contributed by atoms with Crippen LogP contribution in [0.2, 0.25) is 0 Å². The van der Waals surface area contributed by atoms with Gasteiger partial charge in [0.2, 0.25) is 11.9 Å². The third-order valence-electron chi connectivity index (χ3n) is 6.40. The van der Waals surface area contributed by atoms with Crippen LogP contribution in [0.3, 0.4) is 0 Å². The van der Waals surface area contributed by atoms with Crippen molar-refractivity contribution in [3.63, 3.8) is 0 Å². The summed E-state index contributed by atoms with van der Waals surface area (Å²) in [6.07, 6.45) is 1.71. The zero-order valence-corrected chi connectivity index (χ0v) is 20.5. The Balaban J connectivity index is 1.68. The minimum atomic E-state index is -1.04. The molecular formula is C29H29N3O4. The Morgan fingerprint density at radius 2 is 1.69 bits per heavy atom. The van der Waals surface area contributed by atoms with E-state index in [-0.39, 0.29) is 12.5 Å². The number of hydrogen-bond donors (Lipinski definition) is 0. The number of carbonyl (C=O) groups is 2. The first kappa shape index (κ1) is 23.6. The summed E-state index contributed by atoms with van der Waals surface area (Å²) in [6, 6.07) is 24.2. The summed E-state index contributed by atoms with van der Waals surface area (Å²) in [5.74, 6) is 0.00771. The van der Waals surface area contributed by atoms with Crippen LogP contribution in [0, 0.1) is 5.92 Å². The first-order valence-corrected chi connectivity index (χ1v) is 12.4. The molecule has 7 nitrogen and oxygen atoms in total. The molecule has 2 heterocycles. The number of imidazole rings is 1. The Bertz CT molecular complexity index is 1380. The molecule has 7 heteroatoms. The second-order valence-electron chi connectivity index (χ2n) is 8.78. The standard InChI is InChI=1S/C29H29N3O4/c1-3-5-18-31-27(33)25(28(34)35-4-2)26(32-24-17-10-9-16-23(24)30-29(31)32)20-12-11-15-22(19-20)36-21-13-7-6-8-14-21/h6-17,19,25-26H,3-5,18H2,1-2H3/t25-,26-/m0/s1. The SMILES string of the molecule is CCCCN1C(=O)[C@@H](C(=O)OCC)[C@H](c2cccc(Oc3ccccc3)c2)n2c1nc1ccccc12. The lowest BCUT2D eigenvalue weighted by atomic mass is 9.89. The normalized spacial score (nSPS) is 17.2. The number of aromatic nitrogens is 2. The number of nitrogens with zero attached hydrogens (tertiary/aromatic N) is 3. The monoisotopic (exact) mass is 483 g/mol. The van der Waals surface area contributed by atoms with Crippen molar-refractivity contribution in [2.75, 3.05) is 18.1 Å². The molecule has 1 aliphatic heterocycles. The van der Waals surface area contributed by atoms with E-state index in [0.29, 0.717) is 24.0 Å². The van der Waals surface area contributed by atoms with Gasteiger partial charge < -0.3 is 14.0 Å². The van der Waals surface area contributed by atoms with Gasteiger partial charge in [-0.1, -0.05) is 55.8 Å². The molecule has 1 aliphatic rings. The highest BCUT2D eigenvalue weighted by Gasteiger charge is 2.47. The van der Waals surface area contributed by atoms with Crippen molar-refractivity contribution in [2.45, 2.75) is 32.7 Å². The van der Waals surface area contributed by atoms with Gasteiger partial charge in [-0.2, -0.15) is 0 Å². The van der Waals surface area contributed by atoms with Crippen LogP contribution in [-0.4, -0.2) is 34.6 Å². The molecule has 1 aromatic heterocycles. The third kappa shape index (κ3) is 4.33. The van der Waals surface area contributed by atoms with E-state index < -0.39 is 17.9 Å². The van der Waals surface area contributed by atoms with Crippen molar-refractivity contribution < 1.29 is 19.1 Å². The van der Waals surface area contributed by atoms with E-state index in [1.807, 2.05) is 83.4 Å². The summed E-state index contributed by atoms with van der Waals surface area (Å²) in [6.45, 7) is 4.50. The van der Waals surface area contributed by atoms with Gasteiger partial charge in [-0.15, -0.1) is 0 Å². The molecule has 3 aromatic carbocycles. The Morgan fingerprint density at radius 3 is 2.47 bits per heavy atom. The van der Waals surface area contributed by atoms with Crippen LogP contribution in [0.15, 0.2) is 78.9 Å². The minimum absolute atomic E-state index is 0.193. The van der Waals surface area contributed by atoms with Crippen LogP contribution < -0.4 is 9.64 Å². The van der Waals surface area contributed by atoms with Gasteiger partial charge in [0.15, 0.2) is 5.92 Å². The highest BCUT2D eigenvalue weighted by molar-refractivity contribution is 6.08. The molecule has 0 bridgehead atoms. The van der Waals surface area contributed by atoms with Crippen LogP contribution in [-0.2, 0) is 14.3 Å². The van der Waals surface area contributed by atoms with Crippen LogP contribution in [0.25, 0.3) is 11.0 Å². The Kier molecular flexibility index (Phi) is 6.71. The van der Waals surface area contributed by atoms with Gasteiger partial charge in [0.05, 0.1) is 23.7 Å². The summed E-state index contributed by atoms with van der Waals surface area (Å²) >= 11 is 0. The maximum atomic E-state index is 13.9. The number of ether oxygens (including phenoxy) is 2. The predicted octanol–water partition coefficient (Wildman–Crippen LogP) is 5.74. The van der Waals surface area contributed by atoms with E-state index in [9.17, 15) is 9.59 Å². The van der Waals surface area contributed by atoms with Crippen molar-refractivity contribution in [3.8, 4) is 11.5 Å². The smallest absolute Gasteiger partial charge is 0.321 e. The maximum absolute atomic E-state index is 13.9. The van der Waals surface area contributed by atoms with E-state index in [2.05, 4.69) is 6.92 Å². The molecule has 36 heavy (non-hydrogen) atoms. The Labute approximate surface area is 210 Å². The van der Waals surface area contributed by atoms with E-state index in [1.54, 1.807) is 11.8 Å². The molecule has 0 fully saturated rings. The highest BCUT2D eigenvalue weighted by atomic mass is 16.5. The molecule has 0 N–H and O–H groups in total. The number of esters is 1. The number of para-hydroxylation sites is 3. The lowest BCUT2D eigenvalue weighted by Crippen LogP contribution is -2.50. The van der Waals surface area contributed by atoms with E-state index in [1.165, 1.54) is 0 Å². The summed E-state index contributed by atoms with van der Waals surface area (Å²) < 4.78 is 13.5. The number of benzene rings is 3. The van der Waals surface area contributed by atoms with Gasteiger partial charge in [0, 0.05) is 6.54 Å². The number of carbonyl (C=O) groups excluding carboxylic acids is 2. The number of hydrogen-bond acceptors (Lipinski definition) is 5. The second-order valence-corrected chi connectivity index (χ2v) is 8.78. The van der Waals surface area contributed by atoms with Crippen LogP contribution >= 0.6 is 0 Å². The molecule has 0 saturated carbocycles. The van der Waals surface area contributed by atoms with E-state index in [0.717, 1.165) is 29.4 Å². The molecule has 184 valence electrons. The molecule has 1 amide bonds. The molecular weight excluding hydrogens is 454 g/mol. The van der Waals surface area contributed by atoms with Crippen LogP contribution in [0.5, 0.6) is 11.5 Å². The van der Waals surface area contributed by atoms with Crippen molar-refractivity contribution in [1.29, 1.82) is 0 Å². The maximum Gasteiger partial charge on any atom is 0.321 e. The van der Waals surface area contributed by atoms with Gasteiger partial charge in [-0.25, -0.2) is 4.98 Å². The average Bonchev–Trinajstić information content (AvgIpc) is 3.27. The largest absolute Gasteiger partial charge is 0.465 e. The lowest BCUT2D eigenvalue weighted by Gasteiger charge is -2.38. The second kappa shape index (κ2) is 10.2. The molecule has 2 atom stereocenters. The summed E-state index contributed by atoms with van der Waals surface area (Å²) in [7, 11) is 0. The number of unbranched alkanes of at least 4 members (excludes halogenated alkanes) is 1. The van der Waals surface area contributed by atoms with E-state index >= 15 is 0 Å². The molecule has 0 unspecified atom stereocenters. The van der Waals surface area contributed by atoms with Crippen molar-refractivity contribution in [1.82, 2.24) is 9.55 Å². The number of fused-ring (bicyclic) bond motifs is 3. The first-order chi connectivity index (χ1) is 17.6. The molecule has 0 saturated heterocycles. The zero-order valence-electron chi connectivity index (χ0n) is 20.5. The van der Waals surface area contributed by atoms with Gasteiger partial charge in [0.1, 0.15) is 11.5 Å². The summed E-state index contributed by atoms with van der Waals surface area (Å²) in [5, 5.41) is 0. The Hall–Kier alpha value is -4.13. The Morgan fingerprint density at radius 1 is 0.944 bits per heavy atom. The van der Waals surface area contributed by atoms with Crippen molar-refractivity contribution in [3.05, 3.63) is 84.4 Å². The topological polar surface area (TPSA) is 73.7 Å². The minimum Gasteiger partial charge on any atom is -0.465 e. The van der Waals surface area contributed by atoms with Crippen LogP contribution in [0.4, 0.5) is 5.95 Å². The molecule has 0 aliphatic carbocycles. The summed E-state index contributed by atoms with van der Waals surface area (Å²) in [5.41, 5.74) is 2.40. The van der Waals surface area contributed by atoms with Gasteiger partial charge in [0.25, 0.3) is 0 Å². The summed E-state index contributed by atoms with van der Waals surface area (Å²) in [4.78, 5) is 33.7. The third-order valence-corrected chi connectivity index (χ3v) is 6.40. The first-order valence-electron chi connectivity index (χ1n) is 12.4. The quantitative estimate of drug-likeness (QED) is 0.236. The number of amides is 1. The fourth-order valence-electron chi connectivity index (χ4n) is 4.76. The fourth-order valence-corrected chi connectivity index (χ4v) is 4.76. The van der Waals surface area contributed by atoms with Gasteiger partial charge in [-0.05, 0) is 55.3 Å². The van der Waals surface area contributed by atoms with Crippen molar-refractivity contribution in [2.24, 2.45) is 5.92 Å². The van der Waals surface area contributed by atoms with Gasteiger partial charge in [-0.3, -0.25) is 14.5 Å². The molecule has 0 spiro atoms. The van der Waals surface area contributed by atoms with Crippen molar-refractivity contribution >= 4 is 28.9 Å². The predicted molar refractivity (Wildman–Crippen MR) is 138 cm³/mol. The van der Waals surface area contributed by atoms with Crippen LogP contribution in [0.1, 0.15) is 38.3 Å². The zero-order chi connectivity index (χ0) is 25.1. The van der Waals surface area contributed by atoms with Gasteiger partial charge >= 0.3 is 5.97 Å². The number of rotatable bonds is 8. The average molecular weight is 484 g/mol. The number of anilines is 1. The molecule has 5 rings (SSSR count). The lowest BCUT2D eigenvalue weighted by molar-refractivity contribution is -0.153. The highest BCUT2D eigenvalue weighted by Crippen LogP contribution is 2.42. The molecule has 4 aromatic rings. The molecule has 0 radical (unpaired) electrons. The van der Waals surface area contributed by atoms with E-state index in [4.69, 9.17) is 14.5 Å². The fraction of sp³-hybridized carbons (Fsp3) is 0.276.